The highest BCUT2D eigenvalue weighted by Crippen LogP contribution is 2.25. The molecule has 1 fully saturated rings. The van der Waals surface area contributed by atoms with Crippen molar-refractivity contribution in [2.45, 2.75) is 46.2 Å². The molecular weight excluding hydrogens is 454 g/mol. The molecule has 180 valence electrons. The van der Waals surface area contributed by atoms with Gasteiger partial charge in [-0.15, -0.1) is 0 Å². The summed E-state index contributed by atoms with van der Waals surface area (Å²) < 4.78 is 35.9. The number of fused-ring (bicyclic) bond motifs is 1. The Labute approximate surface area is 199 Å². The van der Waals surface area contributed by atoms with Crippen LogP contribution in [0, 0.1) is 13.8 Å². The maximum atomic E-state index is 13.6. The average Bonchev–Trinajstić information content (AvgIpc) is 3.14. The molecule has 1 aliphatic heterocycles. The number of hydrogen-bond acceptors (Lipinski definition) is 6. The summed E-state index contributed by atoms with van der Waals surface area (Å²) in [6.07, 6.45) is 1.25. The van der Waals surface area contributed by atoms with E-state index in [9.17, 15) is 18.0 Å². The Bertz CT molecular complexity index is 1370. The molecule has 2 heterocycles. The molecule has 8 heteroatoms. The van der Waals surface area contributed by atoms with Crippen molar-refractivity contribution >= 4 is 26.7 Å². The molecule has 0 unspecified atom stereocenters. The molecule has 0 bridgehead atoms. The number of nitrogens with zero attached hydrogens (tertiary/aromatic N) is 1. The fraction of sp³-hybridized carbons (Fsp3) is 0.385. The lowest BCUT2D eigenvalue weighted by atomic mass is 10.1. The Hall–Kier alpha value is -3.13. The van der Waals surface area contributed by atoms with Crippen LogP contribution in [0.25, 0.3) is 11.0 Å². The van der Waals surface area contributed by atoms with Crippen LogP contribution >= 0.6 is 0 Å². The highest BCUT2D eigenvalue weighted by molar-refractivity contribution is 7.91. The Morgan fingerprint density at radius 3 is 2.53 bits per heavy atom. The molecule has 0 N–H and O–H groups in total. The lowest BCUT2D eigenvalue weighted by Crippen LogP contribution is -2.40. The number of carbonyl (C=O) groups excluding carboxylic acids is 1. The third kappa shape index (κ3) is 5.17. The number of hydrogen-bond donors (Lipinski definition) is 0. The largest absolute Gasteiger partial charge is 0.494 e. The van der Waals surface area contributed by atoms with Crippen LogP contribution in [0.1, 0.15) is 47.0 Å². The summed E-state index contributed by atoms with van der Waals surface area (Å²) in [6.45, 7) is 6.56. The van der Waals surface area contributed by atoms with Gasteiger partial charge in [-0.2, -0.15) is 0 Å². The fourth-order valence-electron chi connectivity index (χ4n) is 4.41. The maximum absolute atomic E-state index is 13.6. The van der Waals surface area contributed by atoms with Crippen molar-refractivity contribution in [3.63, 3.8) is 0 Å². The number of carbonyl (C=O) groups is 1. The molecule has 0 aliphatic carbocycles. The van der Waals surface area contributed by atoms with E-state index in [2.05, 4.69) is 0 Å². The lowest BCUT2D eigenvalue weighted by molar-refractivity contribution is 0.0648. The highest BCUT2D eigenvalue weighted by atomic mass is 32.2. The zero-order valence-corrected chi connectivity index (χ0v) is 20.5. The molecule has 0 radical (unpaired) electrons. The number of sulfone groups is 1. The van der Waals surface area contributed by atoms with E-state index < -0.39 is 21.8 Å². The lowest BCUT2D eigenvalue weighted by Gasteiger charge is -2.28. The maximum Gasteiger partial charge on any atom is 0.290 e. The van der Waals surface area contributed by atoms with Gasteiger partial charge in [0.05, 0.1) is 23.5 Å². The van der Waals surface area contributed by atoms with Gasteiger partial charge in [0, 0.05) is 18.7 Å². The van der Waals surface area contributed by atoms with E-state index in [1.807, 2.05) is 51.1 Å². The molecule has 1 aliphatic rings. The number of amides is 1. The minimum Gasteiger partial charge on any atom is -0.494 e. The molecule has 34 heavy (non-hydrogen) atoms. The predicted octanol–water partition coefficient (Wildman–Crippen LogP) is 4.03. The normalized spacial score (nSPS) is 17.1. The van der Waals surface area contributed by atoms with E-state index in [4.69, 9.17) is 9.15 Å². The van der Waals surface area contributed by atoms with E-state index in [-0.39, 0.29) is 29.2 Å². The Kier molecular flexibility index (Phi) is 6.79. The summed E-state index contributed by atoms with van der Waals surface area (Å²) >= 11 is 0. The summed E-state index contributed by atoms with van der Waals surface area (Å²) in [5, 5.41) is 0.444. The molecule has 4 rings (SSSR count). The zero-order chi connectivity index (χ0) is 24.5. The number of benzene rings is 2. The Morgan fingerprint density at radius 2 is 1.88 bits per heavy atom. The topological polar surface area (TPSA) is 93.9 Å². The second-order valence-electron chi connectivity index (χ2n) is 8.91. The molecule has 0 saturated carbocycles. The molecule has 7 nitrogen and oxygen atoms in total. The van der Waals surface area contributed by atoms with Crippen LogP contribution in [0.4, 0.5) is 0 Å². The van der Waals surface area contributed by atoms with Gasteiger partial charge in [0.2, 0.25) is 0 Å². The van der Waals surface area contributed by atoms with Crippen molar-refractivity contribution < 1.29 is 22.4 Å². The third-order valence-electron chi connectivity index (χ3n) is 6.04. The van der Waals surface area contributed by atoms with Crippen LogP contribution in [0.2, 0.25) is 0 Å². The monoisotopic (exact) mass is 483 g/mol. The van der Waals surface area contributed by atoms with Crippen LogP contribution in [0.3, 0.4) is 0 Å². The average molecular weight is 484 g/mol. The zero-order valence-electron chi connectivity index (χ0n) is 19.7. The fourth-order valence-corrected chi connectivity index (χ4v) is 6.14. The molecule has 3 aromatic rings. The number of aryl methyl sites for hydroxylation is 2. The summed E-state index contributed by atoms with van der Waals surface area (Å²) in [5.41, 5.74) is 2.59. The van der Waals surface area contributed by atoms with Crippen LogP contribution in [-0.4, -0.2) is 43.4 Å². The molecule has 0 spiro atoms. The summed E-state index contributed by atoms with van der Waals surface area (Å²) in [4.78, 5) is 27.9. The van der Waals surface area contributed by atoms with Gasteiger partial charge in [-0.1, -0.05) is 25.1 Å². The van der Waals surface area contributed by atoms with E-state index in [1.165, 1.54) is 11.0 Å². The summed E-state index contributed by atoms with van der Waals surface area (Å²) in [7, 11) is -3.23. The summed E-state index contributed by atoms with van der Waals surface area (Å²) in [6, 6.07) is 11.7. The molecule has 2 aromatic carbocycles. The van der Waals surface area contributed by atoms with Gasteiger partial charge in [0.15, 0.2) is 21.0 Å². The molecular formula is C26H29NO6S. The Balaban J connectivity index is 1.69. The van der Waals surface area contributed by atoms with Crippen molar-refractivity contribution in [3.8, 4) is 5.75 Å². The SMILES string of the molecule is CCCOc1ccc(CN(C(=O)c2cc(=O)c3c(C)cc(C)cc3o2)[C@H]2CCS(=O)(=O)C2)cc1. The van der Waals surface area contributed by atoms with Crippen molar-refractivity contribution in [2.24, 2.45) is 0 Å². The van der Waals surface area contributed by atoms with Crippen LogP contribution in [0.15, 0.2) is 51.7 Å². The first-order valence-electron chi connectivity index (χ1n) is 11.4. The number of ether oxygens (including phenoxy) is 1. The van der Waals surface area contributed by atoms with Crippen molar-refractivity contribution in [3.05, 3.63) is 75.1 Å². The first-order chi connectivity index (χ1) is 16.2. The van der Waals surface area contributed by atoms with Gasteiger partial charge >= 0.3 is 0 Å². The van der Waals surface area contributed by atoms with Crippen molar-refractivity contribution in [1.82, 2.24) is 4.90 Å². The minimum absolute atomic E-state index is 0.0330. The van der Waals surface area contributed by atoms with E-state index in [1.54, 1.807) is 6.07 Å². The van der Waals surface area contributed by atoms with Crippen molar-refractivity contribution in [1.29, 1.82) is 0 Å². The van der Waals surface area contributed by atoms with Gasteiger partial charge in [0.1, 0.15) is 11.3 Å². The van der Waals surface area contributed by atoms with Crippen LogP contribution in [0.5, 0.6) is 5.75 Å². The molecule has 1 saturated heterocycles. The van der Waals surface area contributed by atoms with E-state index in [0.29, 0.717) is 24.0 Å². The molecule has 1 aromatic heterocycles. The van der Waals surface area contributed by atoms with Crippen molar-refractivity contribution in [2.75, 3.05) is 18.1 Å². The predicted molar refractivity (Wildman–Crippen MR) is 131 cm³/mol. The van der Waals surface area contributed by atoms with E-state index in [0.717, 1.165) is 28.9 Å². The van der Waals surface area contributed by atoms with Gasteiger partial charge in [-0.05, 0) is 61.6 Å². The van der Waals surface area contributed by atoms with Gasteiger partial charge in [-0.3, -0.25) is 9.59 Å². The molecule has 1 amide bonds. The molecule has 1 atom stereocenters. The first-order valence-corrected chi connectivity index (χ1v) is 13.3. The van der Waals surface area contributed by atoms with Crippen LogP contribution < -0.4 is 10.2 Å². The van der Waals surface area contributed by atoms with Gasteiger partial charge < -0.3 is 14.1 Å². The quantitative estimate of drug-likeness (QED) is 0.504. The smallest absolute Gasteiger partial charge is 0.290 e. The van der Waals surface area contributed by atoms with Crippen LogP contribution in [-0.2, 0) is 16.4 Å². The number of rotatable bonds is 7. The minimum atomic E-state index is -3.23. The Morgan fingerprint density at radius 1 is 1.15 bits per heavy atom. The second-order valence-corrected chi connectivity index (χ2v) is 11.1. The van der Waals surface area contributed by atoms with E-state index >= 15 is 0 Å². The summed E-state index contributed by atoms with van der Waals surface area (Å²) in [5.74, 6) is 0.0806. The first kappa shape index (κ1) is 24.0. The van der Waals surface area contributed by atoms with Gasteiger partial charge in [-0.25, -0.2) is 8.42 Å². The second kappa shape index (κ2) is 9.62. The standard InChI is InChI=1S/C26H29NO6S/c1-4-10-32-21-7-5-19(6-8-21)15-27(20-9-11-34(30,31)16-20)26(29)24-14-22(28)25-18(3)12-17(2)13-23(25)33-24/h5-8,12-14,20H,4,9-11,15-16H2,1-3H3/t20-/m0/s1. The van der Waals surface area contributed by atoms with Gasteiger partial charge in [0.25, 0.3) is 5.91 Å². The third-order valence-corrected chi connectivity index (χ3v) is 7.79. The highest BCUT2D eigenvalue weighted by Gasteiger charge is 2.36.